The predicted molar refractivity (Wildman–Crippen MR) is 91.4 cm³/mol. The van der Waals surface area contributed by atoms with Crippen LogP contribution in [0.3, 0.4) is 0 Å². The Balaban J connectivity index is 1.99. The molecule has 0 spiro atoms. The lowest BCUT2D eigenvalue weighted by Gasteiger charge is -2.11. The van der Waals surface area contributed by atoms with Crippen molar-refractivity contribution in [3.8, 4) is 0 Å². The third-order valence-corrected chi connectivity index (χ3v) is 3.23. The average Bonchev–Trinajstić information content (AvgIpc) is 2.53. The fourth-order valence-electron chi connectivity index (χ4n) is 2.05. The molecule has 0 bridgehead atoms. The van der Waals surface area contributed by atoms with E-state index < -0.39 is 0 Å². The number of anilines is 1. The summed E-state index contributed by atoms with van der Waals surface area (Å²) < 4.78 is 0. The normalized spacial score (nSPS) is 10.6. The van der Waals surface area contributed by atoms with Crippen molar-refractivity contribution in [2.75, 3.05) is 32.5 Å². The molecule has 1 heterocycles. The summed E-state index contributed by atoms with van der Waals surface area (Å²) >= 11 is 0. The first kappa shape index (κ1) is 16.9. The van der Waals surface area contributed by atoms with Gasteiger partial charge in [0.05, 0.1) is 0 Å². The van der Waals surface area contributed by atoms with Crippen molar-refractivity contribution in [2.45, 2.75) is 13.5 Å². The molecule has 122 valence electrons. The Kier molecular flexibility index (Phi) is 6.05. The number of rotatable bonds is 7. The number of hydrogen-bond acceptors (Lipinski definition) is 5. The van der Waals surface area contributed by atoms with Crippen LogP contribution < -0.4 is 10.6 Å². The minimum atomic E-state index is -0.180. The second-order valence-corrected chi connectivity index (χ2v) is 5.58. The van der Waals surface area contributed by atoms with Gasteiger partial charge in [-0.05, 0) is 26.6 Å². The van der Waals surface area contributed by atoms with Crippen LogP contribution in [-0.2, 0) is 6.54 Å². The highest BCUT2D eigenvalue weighted by molar-refractivity contribution is 5.92. The molecule has 2 N–H and O–H groups in total. The fraction of sp³-hybridized carbons (Fsp3) is 0.353. The molecule has 6 heteroatoms. The summed E-state index contributed by atoms with van der Waals surface area (Å²) in [6.07, 6.45) is 0. The molecule has 6 nitrogen and oxygen atoms in total. The van der Waals surface area contributed by atoms with E-state index in [9.17, 15) is 4.79 Å². The van der Waals surface area contributed by atoms with Gasteiger partial charge in [-0.25, -0.2) is 9.97 Å². The van der Waals surface area contributed by atoms with Gasteiger partial charge in [0, 0.05) is 25.7 Å². The van der Waals surface area contributed by atoms with Crippen molar-refractivity contribution in [3.63, 3.8) is 0 Å². The Hall–Kier alpha value is -2.47. The monoisotopic (exact) mass is 313 g/mol. The molecular formula is C17H23N5O. The van der Waals surface area contributed by atoms with Crippen LogP contribution in [0.25, 0.3) is 0 Å². The summed E-state index contributed by atoms with van der Waals surface area (Å²) in [6, 6.07) is 11.7. The van der Waals surface area contributed by atoms with Gasteiger partial charge in [0.15, 0.2) is 0 Å². The molecule has 0 saturated carbocycles. The van der Waals surface area contributed by atoms with E-state index in [1.807, 2.05) is 49.3 Å². The van der Waals surface area contributed by atoms with E-state index >= 15 is 0 Å². The van der Waals surface area contributed by atoms with Crippen molar-refractivity contribution in [3.05, 3.63) is 53.5 Å². The third-order valence-electron chi connectivity index (χ3n) is 3.23. The molecule has 0 aliphatic heterocycles. The number of aryl methyl sites for hydroxylation is 1. The first-order chi connectivity index (χ1) is 11.0. The molecule has 0 fully saturated rings. The summed E-state index contributed by atoms with van der Waals surface area (Å²) in [6.45, 7) is 3.81. The highest BCUT2D eigenvalue weighted by Crippen LogP contribution is 2.09. The van der Waals surface area contributed by atoms with Crippen molar-refractivity contribution >= 4 is 11.7 Å². The summed E-state index contributed by atoms with van der Waals surface area (Å²) in [5, 5.41) is 6.09. The van der Waals surface area contributed by atoms with Gasteiger partial charge in [0.2, 0.25) is 0 Å². The van der Waals surface area contributed by atoms with Gasteiger partial charge in [-0.1, -0.05) is 30.3 Å². The maximum atomic E-state index is 12.2. The summed E-state index contributed by atoms with van der Waals surface area (Å²) in [5.41, 5.74) is 1.53. The molecule has 0 unspecified atom stereocenters. The Labute approximate surface area is 137 Å². The van der Waals surface area contributed by atoms with Crippen LogP contribution >= 0.6 is 0 Å². The quantitative estimate of drug-likeness (QED) is 0.814. The number of carbonyl (C=O) groups excluding carboxylic acids is 1. The van der Waals surface area contributed by atoms with E-state index in [1.165, 1.54) is 0 Å². The SMILES string of the molecule is Cc1nc(NCc2ccccc2)cc(C(=O)NCCN(C)C)n1. The van der Waals surface area contributed by atoms with E-state index in [-0.39, 0.29) is 5.91 Å². The van der Waals surface area contributed by atoms with Gasteiger partial charge >= 0.3 is 0 Å². The largest absolute Gasteiger partial charge is 0.366 e. The molecule has 1 aromatic heterocycles. The first-order valence-electron chi connectivity index (χ1n) is 7.61. The molecule has 0 aliphatic rings. The van der Waals surface area contributed by atoms with E-state index in [1.54, 1.807) is 13.0 Å². The summed E-state index contributed by atoms with van der Waals surface area (Å²) in [7, 11) is 3.93. The molecule has 0 atom stereocenters. The minimum Gasteiger partial charge on any atom is -0.366 e. The molecule has 0 saturated heterocycles. The highest BCUT2D eigenvalue weighted by Gasteiger charge is 2.10. The lowest BCUT2D eigenvalue weighted by Crippen LogP contribution is -2.32. The number of hydrogen-bond donors (Lipinski definition) is 2. The Morgan fingerprint density at radius 1 is 1.17 bits per heavy atom. The van der Waals surface area contributed by atoms with Crippen LogP contribution in [-0.4, -0.2) is 48.0 Å². The standard InChI is InChI=1S/C17H23N5O/c1-13-20-15(17(23)18-9-10-22(2)3)11-16(21-13)19-12-14-7-5-4-6-8-14/h4-8,11H,9-10,12H2,1-3H3,(H,18,23)(H,19,20,21). The second kappa shape index (κ2) is 8.24. The van der Waals surface area contributed by atoms with Crippen molar-refractivity contribution in [2.24, 2.45) is 0 Å². The van der Waals surface area contributed by atoms with Crippen LogP contribution in [0.4, 0.5) is 5.82 Å². The number of benzene rings is 1. The highest BCUT2D eigenvalue weighted by atomic mass is 16.1. The molecular weight excluding hydrogens is 290 g/mol. The molecule has 2 aromatic rings. The van der Waals surface area contributed by atoms with Gasteiger partial charge in [-0.3, -0.25) is 4.79 Å². The Morgan fingerprint density at radius 2 is 1.91 bits per heavy atom. The molecule has 0 radical (unpaired) electrons. The average molecular weight is 313 g/mol. The fourth-order valence-corrected chi connectivity index (χ4v) is 2.05. The number of likely N-dealkylation sites (N-methyl/N-ethyl adjacent to an activating group) is 1. The number of aromatic nitrogens is 2. The smallest absolute Gasteiger partial charge is 0.270 e. The number of carbonyl (C=O) groups is 1. The third kappa shape index (κ3) is 5.67. The second-order valence-electron chi connectivity index (χ2n) is 5.58. The zero-order chi connectivity index (χ0) is 16.7. The number of amides is 1. The zero-order valence-electron chi connectivity index (χ0n) is 13.8. The van der Waals surface area contributed by atoms with E-state index in [0.29, 0.717) is 30.4 Å². The number of nitrogens with zero attached hydrogens (tertiary/aromatic N) is 3. The molecule has 1 aromatic carbocycles. The van der Waals surface area contributed by atoms with E-state index in [0.717, 1.165) is 12.1 Å². The van der Waals surface area contributed by atoms with Crippen LogP contribution in [0, 0.1) is 6.92 Å². The van der Waals surface area contributed by atoms with Crippen LogP contribution in [0.15, 0.2) is 36.4 Å². The van der Waals surface area contributed by atoms with Gasteiger partial charge < -0.3 is 15.5 Å². The lowest BCUT2D eigenvalue weighted by molar-refractivity contribution is 0.0945. The summed E-state index contributed by atoms with van der Waals surface area (Å²) in [4.78, 5) is 22.7. The van der Waals surface area contributed by atoms with Crippen LogP contribution in [0.2, 0.25) is 0 Å². The molecule has 2 rings (SSSR count). The van der Waals surface area contributed by atoms with Gasteiger partial charge in [0.1, 0.15) is 17.3 Å². The maximum Gasteiger partial charge on any atom is 0.270 e. The lowest BCUT2D eigenvalue weighted by atomic mass is 10.2. The van der Waals surface area contributed by atoms with Gasteiger partial charge in [-0.2, -0.15) is 0 Å². The van der Waals surface area contributed by atoms with E-state index in [2.05, 4.69) is 20.6 Å². The predicted octanol–water partition coefficient (Wildman–Crippen LogP) is 1.69. The van der Waals surface area contributed by atoms with Crippen LogP contribution in [0.5, 0.6) is 0 Å². The molecule has 23 heavy (non-hydrogen) atoms. The molecule has 1 amide bonds. The van der Waals surface area contributed by atoms with Crippen molar-refractivity contribution in [1.82, 2.24) is 20.2 Å². The molecule has 0 aliphatic carbocycles. The minimum absolute atomic E-state index is 0.180. The van der Waals surface area contributed by atoms with Crippen LogP contribution in [0.1, 0.15) is 21.9 Å². The summed E-state index contributed by atoms with van der Waals surface area (Å²) in [5.74, 6) is 1.04. The van der Waals surface area contributed by atoms with E-state index in [4.69, 9.17) is 0 Å². The topological polar surface area (TPSA) is 70.2 Å². The maximum absolute atomic E-state index is 12.2. The zero-order valence-corrected chi connectivity index (χ0v) is 13.8. The van der Waals surface area contributed by atoms with Crippen molar-refractivity contribution < 1.29 is 4.79 Å². The van der Waals surface area contributed by atoms with Crippen molar-refractivity contribution in [1.29, 1.82) is 0 Å². The van der Waals surface area contributed by atoms with Gasteiger partial charge in [0.25, 0.3) is 5.91 Å². The van der Waals surface area contributed by atoms with Gasteiger partial charge in [-0.15, -0.1) is 0 Å². The Morgan fingerprint density at radius 3 is 2.61 bits per heavy atom. The Bertz CT molecular complexity index is 643. The number of nitrogens with one attached hydrogen (secondary N) is 2. The first-order valence-corrected chi connectivity index (χ1v) is 7.61.